The van der Waals surface area contributed by atoms with Gasteiger partial charge in [0.05, 0.1) is 6.54 Å². The first kappa shape index (κ1) is 11.2. The molecule has 3 heteroatoms. The van der Waals surface area contributed by atoms with Gasteiger partial charge in [0.1, 0.15) is 0 Å². The number of hydrogen-bond donors (Lipinski definition) is 1. The molecule has 16 heavy (non-hydrogen) atoms. The maximum atomic E-state index is 11.7. The number of carbonyl (C=O) groups is 1. The van der Waals surface area contributed by atoms with Gasteiger partial charge in [0, 0.05) is 11.0 Å². The van der Waals surface area contributed by atoms with E-state index < -0.39 is 0 Å². The number of nitrogens with one attached hydrogen (secondary N) is 1. The van der Waals surface area contributed by atoms with Gasteiger partial charge in [-0.05, 0) is 17.9 Å². The van der Waals surface area contributed by atoms with Crippen molar-refractivity contribution >= 4 is 17.5 Å². The van der Waals surface area contributed by atoms with Crippen molar-refractivity contribution in [3.63, 3.8) is 0 Å². The van der Waals surface area contributed by atoms with E-state index >= 15 is 0 Å². The van der Waals surface area contributed by atoms with Crippen molar-refractivity contribution in [3.05, 3.63) is 47.5 Å². The number of carbonyl (C=O) groups excluding carboxylic acids is 1. The minimum Gasteiger partial charge on any atom is -0.351 e. The lowest BCUT2D eigenvalue weighted by Gasteiger charge is -2.03. The summed E-state index contributed by atoms with van der Waals surface area (Å²) in [6.45, 7) is 3.89. The molecule has 1 aliphatic carbocycles. The lowest BCUT2D eigenvalue weighted by atomic mass is 10.1. The first-order valence-corrected chi connectivity index (χ1v) is 5.72. The lowest BCUT2D eigenvalue weighted by Crippen LogP contribution is -2.26. The number of amides is 1. The molecule has 1 amide bonds. The number of hydrogen-bond acceptors (Lipinski definition) is 1. The van der Waals surface area contributed by atoms with E-state index in [0.717, 1.165) is 6.42 Å². The summed E-state index contributed by atoms with van der Waals surface area (Å²) < 4.78 is 0. The maximum absolute atomic E-state index is 11.7. The van der Waals surface area contributed by atoms with Gasteiger partial charge in [-0.2, -0.15) is 0 Å². The average Bonchev–Trinajstić information content (AvgIpc) is 3.07. The van der Waals surface area contributed by atoms with Crippen LogP contribution < -0.4 is 5.32 Å². The van der Waals surface area contributed by atoms with Crippen molar-refractivity contribution in [1.29, 1.82) is 0 Å². The van der Waals surface area contributed by atoms with Gasteiger partial charge < -0.3 is 5.32 Å². The molecule has 1 saturated carbocycles. The molecule has 1 aliphatic rings. The van der Waals surface area contributed by atoms with Crippen LogP contribution in [0.2, 0.25) is 0 Å². The summed E-state index contributed by atoms with van der Waals surface area (Å²) in [5.41, 5.74) is 1.24. The zero-order chi connectivity index (χ0) is 11.5. The first-order chi connectivity index (χ1) is 7.68. The highest BCUT2D eigenvalue weighted by Crippen LogP contribution is 2.47. The Morgan fingerprint density at radius 2 is 2.12 bits per heavy atom. The predicted molar refractivity (Wildman–Crippen MR) is 65.3 cm³/mol. The molecule has 2 unspecified atom stereocenters. The second kappa shape index (κ2) is 4.71. The van der Waals surface area contributed by atoms with E-state index in [1.54, 1.807) is 0 Å². The SMILES string of the molecule is C=C(Cl)CNC(=O)C1CC1c1ccccc1. The van der Waals surface area contributed by atoms with Crippen LogP contribution in [0.1, 0.15) is 17.9 Å². The summed E-state index contributed by atoms with van der Waals surface area (Å²) in [4.78, 5) is 11.7. The molecular formula is C13H14ClNO. The van der Waals surface area contributed by atoms with Crippen LogP contribution in [0.5, 0.6) is 0 Å². The normalized spacial score (nSPS) is 22.6. The Labute approximate surface area is 100 Å². The molecule has 0 saturated heterocycles. The van der Waals surface area contributed by atoms with Crippen molar-refractivity contribution in [2.75, 3.05) is 6.54 Å². The van der Waals surface area contributed by atoms with Crippen LogP contribution in [0.15, 0.2) is 41.9 Å². The Balaban J connectivity index is 1.87. The van der Waals surface area contributed by atoms with Crippen LogP contribution in [0.3, 0.4) is 0 Å². The topological polar surface area (TPSA) is 29.1 Å². The van der Waals surface area contributed by atoms with Crippen LogP contribution in [-0.4, -0.2) is 12.5 Å². The Hall–Kier alpha value is -1.28. The summed E-state index contributed by atoms with van der Waals surface area (Å²) in [6.07, 6.45) is 0.935. The van der Waals surface area contributed by atoms with Gasteiger partial charge in [-0.25, -0.2) is 0 Å². The minimum atomic E-state index is 0.0793. The van der Waals surface area contributed by atoms with E-state index in [1.807, 2.05) is 18.2 Å². The molecule has 0 aliphatic heterocycles. The zero-order valence-corrected chi connectivity index (χ0v) is 9.70. The third-order valence-electron chi connectivity index (χ3n) is 2.81. The van der Waals surface area contributed by atoms with Crippen molar-refractivity contribution < 1.29 is 4.79 Å². The standard InChI is InChI=1S/C13H14ClNO/c1-9(14)8-15-13(16)12-7-11(12)10-5-3-2-4-6-10/h2-6,11-12H,1,7-8H2,(H,15,16). The van der Waals surface area contributed by atoms with E-state index in [1.165, 1.54) is 5.56 Å². The minimum absolute atomic E-state index is 0.0793. The number of rotatable bonds is 4. The molecule has 1 aromatic rings. The fourth-order valence-corrected chi connectivity index (χ4v) is 1.93. The van der Waals surface area contributed by atoms with Crippen molar-refractivity contribution in [2.24, 2.45) is 5.92 Å². The van der Waals surface area contributed by atoms with E-state index in [9.17, 15) is 4.79 Å². The Bertz CT molecular complexity index is 402. The molecule has 2 atom stereocenters. The molecule has 2 rings (SSSR count). The van der Waals surface area contributed by atoms with Gasteiger partial charge in [-0.15, -0.1) is 0 Å². The molecule has 0 spiro atoms. The molecule has 1 N–H and O–H groups in total. The highest BCUT2D eigenvalue weighted by Gasteiger charge is 2.43. The molecule has 2 nitrogen and oxygen atoms in total. The summed E-state index contributed by atoms with van der Waals surface area (Å²) >= 11 is 5.59. The molecule has 0 aromatic heterocycles. The fraction of sp³-hybridized carbons (Fsp3) is 0.308. The Morgan fingerprint density at radius 1 is 1.44 bits per heavy atom. The highest BCUT2D eigenvalue weighted by atomic mass is 35.5. The fourth-order valence-electron chi connectivity index (χ4n) is 1.87. The molecule has 84 valence electrons. The molecule has 0 heterocycles. The van der Waals surface area contributed by atoms with E-state index in [4.69, 9.17) is 11.6 Å². The van der Waals surface area contributed by atoms with Gasteiger partial charge in [-0.1, -0.05) is 48.5 Å². The monoisotopic (exact) mass is 235 g/mol. The second-order valence-electron chi connectivity index (χ2n) is 4.09. The molecule has 1 fully saturated rings. The van der Waals surface area contributed by atoms with E-state index in [2.05, 4.69) is 24.0 Å². The van der Waals surface area contributed by atoms with Crippen LogP contribution in [-0.2, 0) is 4.79 Å². The van der Waals surface area contributed by atoms with Crippen LogP contribution in [0.4, 0.5) is 0 Å². The Kier molecular flexibility index (Phi) is 3.30. The zero-order valence-electron chi connectivity index (χ0n) is 8.95. The third kappa shape index (κ3) is 2.64. The lowest BCUT2D eigenvalue weighted by molar-refractivity contribution is -0.122. The van der Waals surface area contributed by atoms with Crippen molar-refractivity contribution in [1.82, 2.24) is 5.32 Å². The van der Waals surface area contributed by atoms with E-state index in [0.29, 0.717) is 17.5 Å². The van der Waals surface area contributed by atoms with Crippen LogP contribution >= 0.6 is 11.6 Å². The molecule has 0 radical (unpaired) electrons. The van der Waals surface area contributed by atoms with Gasteiger partial charge in [0.2, 0.25) is 5.91 Å². The quantitative estimate of drug-likeness (QED) is 0.854. The molecule has 1 aromatic carbocycles. The largest absolute Gasteiger partial charge is 0.351 e. The van der Waals surface area contributed by atoms with Crippen molar-refractivity contribution in [3.8, 4) is 0 Å². The predicted octanol–water partition coefficient (Wildman–Crippen LogP) is 2.66. The average molecular weight is 236 g/mol. The molecule has 0 bridgehead atoms. The van der Waals surface area contributed by atoms with Crippen molar-refractivity contribution in [2.45, 2.75) is 12.3 Å². The van der Waals surface area contributed by atoms with Crippen LogP contribution in [0, 0.1) is 5.92 Å². The third-order valence-corrected chi connectivity index (χ3v) is 2.94. The van der Waals surface area contributed by atoms with Gasteiger partial charge in [0.15, 0.2) is 0 Å². The van der Waals surface area contributed by atoms with Crippen LogP contribution in [0.25, 0.3) is 0 Å². The van der Waals surface area contributed by atoms with Gasteiger partial charge in [0.25, 0.3) is 0 Å². The summed E-state index contributed by atoms with van der Waals surface area (Å²) in [5, 5.41) is 3.24. The molecular weight excluding hydrogens is 222 g/mol. The first-order valence-electron chi connectivity index (χ1n) is 5.34. The number of halogens is 1. The highest BCUT2D eigenvalue weighted by molar-refractivity contribution is 6.29. The Morgan fingerprint density at radius 3 is 2.75 bits per heavy atom. The summed E-state index contributed by atoms with van der Waals surface area (Å²) in [5.74, 6) is 0.568. The smallest absolute Gasteiger partial charge is 0.224 e. The van der Waals surface area contributed by atoms with Gasteiger partial charge >= 0.3 is 0 Å². The summed E-state index contributed by atoms with van der Waals surface area (Å²) in [7, 11) is 0. The number of benzene rings is 1. The second-order valence-corrected chi connectivity index (χ2v) is 4.63. The maximum Gasteiger partial charge on any atom is 0.224 e. The van der Waals surface area contributed by atoms with Gasteiger partial charge in [-0.3, -0.25) is 4.79 Å². The summed E-state index contributed by atoms with van der Waals surface area (Å²) in [6, 6.07) is 10.1. The van der Waals surface area contributed by atoms with E-state index in [-0.39, 0.29) is 11.8 Å².